The summed E-state index contributed by atoms with van der Waals surface area (Å²) in [7, 11) is 4.02. The molecule has 0 amide bonds. The third-order valence-electron chi connectivity index (χ3n) is 3.53. The van der Waals surface area contributed by atoms with E-state index in [0.29, 0.717) is 11.1 Å². The number of rotatable bonds is 1. The molecule has 0 aromatic heterocycles. The minimum atomic E-state index is 0.474. The Morgan fingerprint density at radius 1 is 1.05 bits per heavy atom. The summed E-state index contributed by atoms with van der Waals surface area (Å²) >= 11 is 4.64. The second kappa shape index (κ2) is 6.36. The van der Waals surface area contributed by atoms with Crippen molar-refractivity contribution in [3.63, 3.8) is 0 Å². The highest BCUT2D eigenvalue weighted by molar-refractivity contribution is 6.15. The summed E-state index contributed by atoms with van der Waals surface area (Å²) in [6, 6.07) is 7.67. The van der Waals surface area contributed by atoms with Crippen molar-refractivity contribution in [2.24, 2.45) is 0 Å². The maximum Gasteiger partial charge on any atom is 0.155 e. The van der Waals surface area contributed by atoms with E-state index < -0.39 is 0 Å². The molecule has 5 heteroatoms. The zero-order chi connectivity index (χ0) is 16.4. The molecule has 2 aliphatic rings. The van der Waals surface area contributed by atoms with Crippen LogP contribution in [0.5, 0.6) is 0 Å². The van der Waals surface area contributed by atoms with E-state index >= 15 is 0 Å². The molecule has 0 spiro atoms. The monoisotopic (exact) mass is 317 g/mol. The standard InChI is InChI=1S/C16H17N3O.CH3Cl/c1-9-5-12-15(7-11(9)17)20-16-8-14(19(3)4)10(2)6-13(16)18-12;1-2/h5-8,17H,1-4H3;1H3. The van der Waals surface area contributed by atoms with Crippen LogP contribution in [0.2, 0.25) is 0 Å². The minimum Gasteiger partial charge on any atom is -0.453 e. The lowest BCUT2D eigenvalue weighted by Gasteiger charge is -2.16. The molecular formula is C17H20ClN3O. The van der Waals surface area contributed by atoms with Crippen LogP contribution in [-0.2, 0) is 0 Å². The molecule has 3 rings (SSSR count). The molecule has 0 radical (unpaired) electrons. The van der Waals surface area contributed by atoms with Crippen molar-refractivity contribution in [1.82, 2.24) is 4.98 Å². The Balaban J connectivity index is 0.000000847. The minimum absolute atomic E-state index is 0.474. The summed E-state index contributed by atoms with van der Waals surface area (Å²) in [6.07, 6.45) is 1.47. The second-order valence-electron chi connectivity index (χ2n) is 5.35. The van der Waals surface area contributed by atoms with Gasteiger partial charge in [-0.15, -0.1) is 11.6 Å². The van der Waals surface area contributed by atoms with E-state index in [9.17, 15) is 0 Å². The molecular weight excluding hydrogens is 298 g/mol. The van der Waals surface area contributed by atoms with Crippen LogP contribution >= 0.6 is 11.6 Å². The average molecular weight is 318 g/mol. The van der Waals surface area contributed by atoms with E-state index in [4.69, 9.17) is 9.83 Å². The van der Waals surface area contributed by atoms with E-state index in [1.807, 2.05) is 39.2 Å². The Morgan fingerprint density at radius 3 is 2.36 bits per heavy atom. The van der Waals surface area contributed by atoms with Crippen molar-refractivity contribution in [1.29, 1.82) is 5.41 Å². The highest BCUT2D eigenvalue weighted by Gasteiger charge is 2.12. The van der Waals surface area contributed by atoms with Gasteiger partial charge in [-0.25, -0.2) is 4.98 Å². The molecule has 1 aliphatic carbocycles. The molecule has 22 heavy (non-hydrogen) atoms. The Bertz CT molecular complexity index is 839. The van der Waals surface area contributed by atoms with Gasteiger partial charge in [-0.05, 0) is 37.1 Å². The molecule has 0 atom stereocenters. The van der Waals surface area contributed by atoms with E-state index in [0.717, 1.165) is 28.0 Å². The lowest BCUT2D eigenvalue weighted by atomic mass is 10.1. The summed E-state index contributed by atoms with van der Waals surface area (Å²) in [4.78, 5) is 6.70. The van der Waals surface area contributed by atoms with Crippen LogP contribution in [0.25, 0.3) is 22.6 Å². The van der Waals surface area contributed by atoms with Gasteiger partial charge in [-0.2, -0.15) is 0 Å². The molecule has 1 heterocycles. The number of nitrogens with one attached hydrogen (secondary N) is 1. The molecule has 0 unspecified atom stereocenters. The van der Waals surface area contributed by atoms with E-state index in [1.165, 1.54) is 11.9 Å². The molecule has 0 saturated carbocycles. The number of benzene rings is 2. The van der Waals surface area contributed by atoms with Crippen LogP contribution < -0.4 is 10.3 Å². The van der Waals surface area contributed by atoms with Gasteiger partial charge in [-0.1, -0.05) is 0 Å². The van der Waals surface area contributed by atoms with Gasteiger partial charge in [0.2, 0.25) is 0 Å². The van der Waals surface area contributed by atoms with Crippen molar-refractivity contribution < 1.29 is 4.42 Å². The maximum absolute atomic E-state index is 7.86. The molecule has 1 aromatic carbocycles. The highest BCUT2D eigenvalue weighted by atomic mass is 35.5. The third kappa shape index (κ3) is 2.92. The summed E-state index contributed by atoms with van der Waals surface area (Å²) in [5.41, 5.74) is 5.57. The number of fused-ring (bicyclic) bond motifs is 2. The topological polar surface area (TPSA) is 53.1 Å². The molecule has 0 bridgehead atoms. The van der Waals surface area contributed by atoms with Crippen LogP contribution in [-0.4, -0.2) is 25.5 Å². The normalized spacial score (nSPS) is 10.5. The van der Waals surface area contributed by atoms with Crippen LogP contribution in [0.1, 0.15) is 11.1 Å². The summed E-state index contributed by atoms with van der Waals surface area (Å²) in [6.45, 7) is 3.98. The average Bonchev–Trinajstić information content (AvgIpc) is 2.48. The number of halogens is 1. The van der Waals surface area contributed by atoms with E-state index in [1.54, 1.807) is 6.07 Å². The summed E-state index contributed by atoms with van der Waals surface area (Å²) in [5.74, 6) is 0.654. The van der Waals surface area contributed by atoms with Crippen LogP contribution in [0.15, 0.2) is 28.7 Å². The molecule has 116 valence electrons. The van der Waals surface area contributed by atoms with Gasteiger partial charge in [0.1, 0.15) is 11.2 Å². The maximum atomic E-state index is 7.86. The number of nitrogens with zero attached hydrogens (tertiary/aromatic N) is 2. The van der Waals surface area contributed by atoms with E-state index in [2.05, 4.69) is 28.4 Å². The summed E-state index contributed by atoms with van der Waals surface area (Å²) < 4.78 is 5.92. The third-order valence-corrected chi connectivity index (χ3v) is 3.53. The van der Waals surface area contributed by atoms with Gasteiger partial charge < -0.3 is 14.7 Å². The highest BCUT2D eigenvalue weighted by Crippen LogP contribution is 2.29. The lowest BCUT2D eigenvalue weighted by Crippen LogP contribution is -2.10. The first-order chi connectivity index (χ1) is 10.5. The van der Waals surface area contributed by atoms with Gasteiger partial charge >= 0.3 is 0 Å². The second-order valence-corrected chi connectivity index (χ2v) is 5.35. The fourth-order valence-electron chi connectivity index (χ4n) is 2.40. The van der Waals surface area contributed by atoms with Crippen molar-refractivity contribution in [2.75, 3.05) is 25.4 Å². The van der Waals surface area contributed by atoms with Gasteiger partial charge in [0.05, 0.1) is 5.36 Å². The number of anilines is 1. The van der Waals surface area contributed by atoms with Crippen molar-refractivity contribution in [3.8, 4) is 11.5 Å². The van der Waals surface area contributed by atoms with Crippen LogP contribution in [0.3, 0.4) is 0 Å². The fourth-order valence-corrected chi connectivity index (χ4v) is 2.40. The van der Waals surface area contributed by atoms with Crippen LogP contribution in [0.4, 0.5) is 5.69 Å². The largest absolute Gasteiger partial charge is 0.453 e. The van der Waals surface area contributed by atoms with Crippen LogP contribution in [0, 0.1) is 19.3 Å². The van der Waals surface area contributed by atoms with Crippen molar-refractivity contribution in [2.45, 2.75) is 13.8 Å². The molecule has 0 fully saturated rings. The van der Waals surface area contributed by atoms with Gasteiger partial charge in [-0.3, -0.25) is 0 Å². The molecule has 0 saturated heterocycles. The zero-order valence-electron chi connectivity index (χ0n) is 13.5. The van der Waals surface area contributed by atoms with Gasteiger partial charge in [0.25, 0.3) is 0 Å². The summed E-state index contributed by atoms with van der Waals surface area (Å²) in [5, 5.41) is 8.33. The van der Waals surface area contributed by atoms with Crippen molar-refractivity contribution in [3.05, 3.63) is 40.7 Å². The first kappa shape index (κ1) is 16.3. The number of hydrogen-bond acceptors (Lipinski definition) is 4. The SMILES string of the molecule is CCl.Cc1cc2nc3cc(C)c(=N)cc-3oc2cc1N(C)C. The molecule has 1 aromatic rings. The van der Waals surface area contributed by atoms with E-state index in [-0.39, 0.29) is 0 Å². The first-order valence-electron chi connectivity index (χ1n) is 6.91. The predicted molar refractivity (Wildman–Crippen MR) is 92.1 cm³/mol. The number of aryl methyl sites for hydroxylation is 2. The Kier molecular flexibility index (Phi) is 4.71. The number of alkyl halides is 1. The molecule has 4 nitrogen and oxygen atoms in total. The molecule has 1 N–H and O–H groups in total. The Labute approximate surface area is 135 Å². The lowest BCUT2D eigenvalue weighted by molar-refractivity contribution is 0.611. The Morgan fingerprint density at radius 2 is 1.73 bits per heavy atom. The van der Waals surface area contributed by atoms with Crippen molar-refractivity contribution >= 4 is 28.4 Å². The Hall–Kier alpha value is -2.07. The first-order valence-corrected chi connectivity index (χ1v) is 7.67. The quantitative estimate of drug-likeness (QED) is 0.546. The number of hydrogen-bond donors (Lipinski definition) is 1. The van der Waals surface area contributed by atoms with Gasteiger partial charge in [0.15, 0.2) is 11.3 Å². The zero-order valence-corrected chi connectivity index (χ0v) is 14.2. The molecule has 1 aliphatic heterocycles. The number of aromatic nitrogens is 1. The predicted octanol–water partition coefficient (Wildman–Crippen LogP) is 3.95. The fraction of sp³-hybridized carbons (Fsp3) is 0.294. The van der Waals surface area contributed by atoms with Gasteiger partial charge in [0, 0.05) is 38.3 Å². The smallest absolute Gasteiger partial charge is 0.155 e.